The maximum Gasteiger partial charge on any atom is 0.102 e. The van der Waals surface area contributed by atoms with Gasteiger partial charge in [0.05, 0.1) is 0 Å². The third-order valence-electron chi connectivity index (χ3n) is 2.82. The Labute approximate surface area is 77.0 Å². The van der Waals surface area contributed by atoms with Crippen molar-refractivity contribution in [3.8, 4) is 0 Å². The number of hydrogen-bond acceptors (Lipinski definition) is 2. The van der Waals surface area contributed by atoms with Crippen LogP contribution in [0.2, 0.25) is 0 Å². The Kier molecular flexibility index (Phi) is 1.77. The van der Waals surface area contributed by atoms with Crippen LogP contribution >= 0.6 is 11.3 Å². The van der Waals surface area contributed by atoms with Crippen LogP contribution in [0.4, 0.5) is 0 Å². The fraction of sp³-hybridized carbons (Fsp3) is 0.600. The quantitative estimate of drug-likeness (QED) is 0.745. The van der Waals surface area contributed by atoms with Gasteiger partial charge in [0.25, 0.3) is 0 Å². The maximum atomic E-state index is 10.1. The van der Waals surface area contributed by atoms with Gasteiger partial charge in [-0.1, -0.05) is 13.3 Å². The molecular weight excluding hydrogens is 168 g/mol. The molecule has 1 aliphatic carbocycles. The molecule has 2 heteroatoms. The molecule has 2 unspecified atom stereocenters. The third kappa shape index (κ3) is 1.02. The van der Waals surface area contributed by atoms with E-state index in [0.717, 1.165) is 12.8 Å². The van der Waals surface area contributed by atoms with E-state index in [4.69, 9.17) is 0 Å². The Balaban J connectivity index is 2.27. The Morgan fingerprint density at radius 2 is 2.50 bits per heavy atom. The average molecular weight is 182 g/mol. The highest BCUT2D eigenvalue weighted by Crippen LogP contribution is 2.55. The molecule has 1 aromatic heterocycles. The first-order chi connectivity index (χ1) is 5.68. The van der Waals surface area contributed by atoms with Gasteiger partial charge in [-0.05, 0) is 36.3 Å². The van der Waals surface area contributed by atoms with Gasteiger partial charge in [0.15, 0.2) is 0 Å². The number of rotatable bonds is 2. The smallest absolute Gasteiger partial charge is 0.102 e. The van der Waals surface area contributed by atoms with Crippen molar-refractivity contribution in [2.24, 2.45) is 5.92 Å². The van der Waals surface area contributed by atoms with Gasteiger partial charge in [-0.25, -0.2) is 0 Å². The Bertz CT molecular complexity index is 292. The topological polar surface area (TPSA) is 20.2 Å². The van der Waals surface area contributed by atoms with Gasteiger partial charge in [0.2, 0.25) is 0 Å². The summed E-state index contributed by atoms with van der Waals surface area (Å²) < 4.78 is 0. The van der Waals surface area contributed by atoms with Gasteiger partial charge in [-0.3, -0.25) is 0 Å². The summed E-state index contributed by atoms with van der Waals surface area (Å²) in [5.41, 5.74) is 0.797. The lowest BCUT2D eigenvalue weighted by molar-refractivity contribution is 0.133. The lowest BCUT2D eigenvalue weighted by Gasteiger charge is -2.08. The molecule has 1 saturated carbocycles. The molecule has 2 atom stereocenters. The maximum absolute atomic E-state index is 10.1. The third-order valence-corrected chi connectivity index (χ3v) is 4.00. The SMILES string of the molecule is CCC1CC1(O)c1sccc1C. The van der Waals surface area contributed by atoms with Gasteiger partial charge < -0.3 is 5.11 Å². The number of aliphatic hydroxyl groups is 1. The minimum Gasteiger partial charge on any atom is -0.384 e. The monoisotopic (exact) mass is 182 g/mol. The van der Waals surface area contributed by atoms with Gasteiger partial charge in [-0.2, -0.15) is 0 Å². The number of thiophene rings is 1. The van der Waals surface area contributed by atoms with Crippen LogP contribution < -0.4 is 0 Å². The molecule has 1 heterocycles. The van der Waals surface area contributed by atoms with Gasteiger partial charge in [-0.15, -0.1) is 11.3 Å². The molecule has 1 nitrogen and oxygen atoms in total. The fourth-order valence-corrected chi connectivity index (χ4v) is 3.01. The molecule has 1 fully saturated rings. The van der Waals surface area contributed by atoms with Gasteiger partial charge in [0.1, 0.15) is 5.60 Å². The van der Waals surface area contributed by atoms with Crippen molar-refractivity contribution in [3.05, 3.63) is 21.9 Å². The van der Waals surface area contributed by atoms with Crippen LogP contribution in [0.5, 0.6) is 0 Å². The Morgan fingerprint density at radius 1 is 1.75 bits per heavy atom. The molecule has 0 amide bonds. The van der Waals surface area contributed by atoms with E-state index in [2.05, 4.69) is 25.3 Å². The van der Waals surface area contributed by atoms with E-state index in [1.165, 1.54) is 10.4 Å². The highest BCUT2D eigenvalue weighted by atomic mass is 32.1. The summed E-state index contributed by atoms with van der Waals surface area (Å²) in [5, 5.41) is 12.2. The summed E-state index contributed by atoms with van der Waals surface area (Å²) in [6, 6.07) is 2.09. The van der Waals surface area contributed by atoms with Crippen molar-refractivity contribution in [1.29, 1.82) is 0 Å². The first-order valence-corrected chi connectivity index (χ1v) is 5.33. The van der Waals surface area contributed by atoms with E-state index in [0.29, 0.717) is 5.92 Å². The first kappa shape index (κ1) is 8.27. The highest BCUT2D eigenvalue weighted by Gasteiger charge is 2.54. The van der Waals surface area contributed by atoms with Crippen LogP contribution in [0, 0.1) is 12.8 Å². The molecule has 0 aliphatic heterocycles. The van der Waals surface area contributed by atoms with E-state index in [-0.39, 0.29) is 0 Å². The van der Waals surface area contributed by atoms with Gasteiger partial charge in [0, 0.05) is 4.88 Å². The Hall–Kier alpha value is -0.340. The Morgan fingerprint density at radius 3 is 2.92 bits per heavy atom. The zero-order valence-corrected chi connectivity index (χ0v) is 8.32. The van der Waals surface area contributed by atoms with Crippen molar-refractivity contribution in [2.75, 3.05) is 0 Å². The fourth-order valence-electron chi connectivity index (χ4n) is 1.89. The van der Waals surface area contributed by atoms with Crippen molar-refractivity contribution < 1.29 is 5.11 Å². The molecule has 2 rings (SSSR count). The zero-order chi connectivity index (χ0) is 8.77. The second kappa shape index (κ2) is 2.57. The lowest BCUT2D eigenvalue weighted by atomic mass is 10.1. The van der Waals surface area contributed by atoms with E-state index in [1.54, 1.807) is 11.3 Å². The molecule has 0 radical (unpaired) electrons. The van der Waals surface area contributed by atoms with Gasteiger partial charge >= 0.3 is 0 Å². The van der Waals surface area contributed by atoms with Crippen molar-refractivity contribution in [1.82, 2.24) is 0 Å². The molecule has 1 N–H and O–H groups in total. The summed E-state index contributed by atoms with van der Waals surface area (Å²) in [7, 11) is 0. The van der Waals surface area contributed by atoms with Crippen LogP contribution in [0.25, 0.3) is 0 Å². The summed E-state index contributed by atoms with van der Waals surface area (Å²) in [4.78, 5) is 1.19. The highest BCUT2D eigenvalue weighted by molar-refractivity contribution is 7.10. The second-order valence-electron chi connectivity index (χ2n) is 3.67. The minimum absolute atomic E-state index is 0.451. The molecular formula is C10H14OS. The summed E-state index contributed by atoms with van der Waals surface area (Å²) in [5.74, 6) is 0.509. The van der Waals surface area contributed by atoms with Crippen molar-refractivity contribution >= 4 is 11.3 Å². The number of aryl methyl sites for hydroxylation is 1. The lowest BCUT2D eigenvalue weighted by Crippen LogP contribution is -2.07. The normalized spacial score (nSPS) is 33.8. The van der Waals surface area contributed by atoms with Crippen molar-refractivity contribution in [3.63, 3.8) is 0 Å². The van der Waals surface area contributed by atoms with E-state index in [1.807, 2.05) is 0 Å². The first-order valence-electron chi connectivity index (χ1n) is 4.45. The molecule has 66 valence electrons. The van der Waals surface area contributed by atoms with Crippen LogP contribution in [0.15, 0.2) is 11.4 Å². The predicted molar refractivity (Wildman–Crippen MR) is 51.4 cm³/mol. The van der Waals surface area contributed by atoms with E-state index in [9.17, 15) is 5.11 Å². The second-order valence-corrected chi connectivity index (χ2v) is 4.58. The minimum atomic E-state index is -0.451. The molecule has 0 saturated heterocycles. The zero-order valence-electron chi connectivity index (χ0n) is 7.50. The van der Waals surface area contributed by atoms with Crippen LogP contribution in [0.1, 0.15) is 30.2 Å². The van der Waals surface area contributed by atoms with Crippen molar-refractivity contribution in [2.45, 2.75) is 32.3 Å². The van der Waals surface area contributed by atoms with E-state index >= 15 is 0 Å². The molecule has 1 aromatic rings. The summed E-state index contributed by atoms with van der Waals surface area (Å²) >= 11 is 1.69. The predicted octanol–water partition coefficient (Wildman–Crippen LogP) is 2.67. The standard InChI is InChI=1S/C10H14OS/c1-3-8-6-10(8,11)9-7(2)4-5-12-9/h4-5,8,11H,3,6H2,1-2H3. The molecule has 1 aliphatic rings. The largest absolute Gasteiger partial charge is 0.384 e. The molecule has 12 heavy (non-hydrogen) atoms. The molecule has 0 aromatic carbocycles. The average Bonchev–Trinajstić information content (AvgIpc) is 2.50. The molecule has 0 bridgehead atoms. The number of hydrogen-bond donors (Lipinski definition) is 1. The summed E-state index contributed by atoms with van der Waals surface area (Å²) in [6.45, 7) is 4.22. The summed E-state index contributed by atoms with van der Waals surface area (Å²) in [6.07, 6.45) is 2.05. The van der Waals surface area contributed by atoms with Crippen LogP contribution in [0.3, 0.4) is 0 Å². The molecule has 0 spiro atoms. The van der Waals surface area contributed by atoms with Crippen LogP contribution in [-0.2, 0) is 5.60 Å². The van der Waals surface area contributed by atoms with Crippen LogP contribution in [-0.4, -0.2) is 5.11 Å². The van der Waals surface area contributed by atoms with E-state index < -0.39 is 5.60 Å².